The third-order valence-electron chi connectivity index (χ3n) is 0. The molecule has 1 nitrogen and oxygen atoms in total. The molecule has 0 atom stereocenters. The predicted octanol–water partition coefficient (Wildman–Crippen LogP) is -2.33. The standard InChI is InChI=1S/Ba.Bi.Li.O.4H. The second-order valence-corrected chi connectivity index (χ2v) is 0. The molecule has 0 aromatic rings. The monoisotopic (exact) mass is 374 g/mol. The first-order valence-electron chi connectivity index (χ1n) is 0.204. The third-order valence-corrected chi connectivity index (χ3v) is 0. The molecule has 0 aromatic heterocycles. The van der Waals surface area contributed by atoms with Gasteiger partial charge in [0.15, 0.2) is 0 Å². The molecular formula is H4BaBiLiO. The number of hydrogen-bond acceptors (Lipinski definition) is 1. The average molecular weight is 373 g/mol. The predicted molar refractivity (Wildman–Crippen MR) is 23.5 cm³/mol. The van der Waals surface area contributed by atoms with Crippen molar-refractivity contribution in [3.8, 4) is 0 Å². The molecule has 0 saturated heterocycles. The van der Waals surface area contributed by atoms with E-state index in [1.807, 2.05) is 0 Å². The molecule has 0 aliphatic rings. The average Bonchev–Trinajstić information content (AvgIpc) is 1.00. The second-order valence-electron chi connectivity index (χ2n) is 0. The second kappa shape index (κ2) is 16.9. The molecule has 0 heterocycles. The Bertz CT molecular complexity index is 8.00. The van der Waals surface area contributed by atoms with Gasteiger partial charge in [0.2, 0.25) is 0 Å². The first-order valence-corrected chi connectivity index (χ1v) is 1.79. The van der Waals surface area contributed by atoms with Gasteiger partial charge in [-0.25, -0.2) is 0 Å². The summed E-state index contributed by atoms with van der Waals surface area (Å²) in [6.45, 7) is 0. The number of rotatable bonds is 0. The van der Waals surface area contributed by atoms with Gasteiger partial charge >= 0.3 is 95.3 Å². The van der Waals surface area contributed by atoms with Gasteiger partial charge in [-0.3, -0.25) is 0 Å². The van der Waals surface area contributed by atoms with Crippen LogP contribution in [0.25, 0.3) is 0 Å². The van der Waals surface area contributed by atoms with E-state index in [9.17, 15) is 0 Å². The van der Waals surface area contributed by atoms with E-state index in [2.05, 4.69) is 0 Å². The van der Waals surface area contributed by atoms with Crippen LogP contribution in [0, 0.1) is 0 Å². The van der Waals surface area contributed by atoms with Crippen LogP contribution in [0.4, 0.5) is 0 Å². The van der Waals surface area contributed by atoms with Gasteiger partial charge in [0.25, 0.3) is 0 Å². The minimum atomic E-state index is 0. The van der Waals surface area contributed by atoms with Crippen LogP contribution >= 0.6 is 0 Å². The Morgan fingerprint density at radius 1 is 1.25 bits per heavy atom. The van der Waals surface area contributed by atoms with Gasteiger partial charge in [-0.2, -0.15) is 0 Å². The van der Waals surface area contributed by atoms with Gasteiger partial charge in [0, 0.05) is 0 Å². The maximum absolute atomic E-state index is 8.39. The van der Waals surface area contributed by atoms with Crippen LogP contribution in [0.3, 0.4) is 0 Å². The molecule has 0 N–H and O–H groups in total. The first kappa shape index (κ1) is 15.8. The van der Waals surface area contributed by atoms with Crippen molar-refractivity contribution in [1.82, 2.24) is 0 Å². The molecule has 0 spiro atoms. The van der Waals surface area contributed by atoms with E-state index in [4.69, 9.17) is 2.81 Å². The van der Waals surface area contributed by atoms with Crippen LogP contribution in [-0.2, 0) is 2.81 Å². The summed E-state index contributed by atoms with van der Waals surface area (Å²) >= 11 is 0.0556. The Balaban J connectivity index is -0.00000000500. The van der Waals surface area contributed by atoms with E-state index >= 15 is 0 Å². The maximum atomic E-state index is 8.39. The zero-order valence-electron chi connectivity index (χ0n) is 0.908. The Kier molecular flexibility index (Phi) is 67.0. The van der Waals surface area contributed by atoms with Crippen LogP contribution in [-0.4, -0.2) is 92.5 Å². The summed E-state index contributed by atoms with van der Waals surface area (Å²) in [5.41, 5.74) is 0. The van der Waals surface area contributed by atoms with E-state index < -0.39 is 0 Å². The van der Waals surface area contributed by atoms with Crippen molar-refractivity contribution in [3.05, 3.63) is 0 Å². The van der Waals surface area contributed by atoms with Crippen LogP contribution in [0.2, 0.25) is 0 Å². The van der Waals surface area contributed by atoms with E-state index in [-0.39, 0.29) is 92.5 Å². The van der Waals surface area contributed by atoms with Crippen LogP contribution in [0.5, 0.6) is 0 Å². The fourth-order valence-corrected chi connectivity index (χ4v) is 0. The molecule has 4 heteroatoms. The minimum absolute atomic E-state index is 0. The van der Waals surface area contributed by atoms with Crippen molar-refractivity contribution in [2.24, 2.45) is 0 Å². The Labute approximate surface area is 92.8 Å². The van der Waals surface area contributed by atoms with Gasteiger partial charge in [-0.1, -0.05) is 0 Å². The Morgan fingerprint density at radius 3 is 1.25 bits per heavy atom. The summed E-state index contributed by atoms with van der Waals surface area (Å²) in [6, 6.07) is 0. The van der Waals surface area contributed by atoms with Crippen molar-refractivity contribution in [3.63, 3.8) is 0 Å². The Morgan fingerprint density at radius 2 is 1.25 bits per heavy atom. The van der Waals surface area contributed by atoms with Crippen LogP contribution in [0.1, 0.15) is 0 Å². The quantitative estimate of drug-likeness (QED) is 0.436. The summed E-state index contributed by atoms with van der Waals surface area (Å²) in [7, 11) is 0. The van der Waals surface area contributed by atoms with E-state index in [1.54, 1.807) is 0 Å². The van der Waals surface area contributed by atoms with Crippen LogP contribution < -0.4 is 0 Å². The normalized spacial score (nSPS) is 1.00. The molecular weight excluding hydrogens is 369 g/mol. The fourth-order valence-electron chi connectivity index (χ4n) is 0. The number of hydrogen-bond donors (Lipinski definition) is 0. The SMILES string of the molecule is [BaH2].[LiH].[O]=[BiH]. The molecule has 0 unspecified atom stereocenters. The van der Waals surface area contributed by atoms with E-state index in [0.29, 0.717) is 0 Å². The molecule has 0 aromatic carbocycles. The molecule has 4 heavy (non-hydrogen) atoms. The molecule has 18 valence electrons. The van der Waals surface area contributed by atoms with Crippen molar-refractivity contribution in [1.29, 1.82) is 0 Å². The summed E-state index contributed by atoms with van der Waals surface area (Å²) in [4.78, 5) is 0. The molecule has 0 radical (unpaired) electrons. The Hall–Kier alpha value is 2.85. The summed E-state index contributed by atoms with van der Waals surface area (Å²) in [6.07, 6.45) is 0. The molecule has 0 amide bonds. The molecule has 0 rings (SSSR count). The van der Waals surface area contributed by atoms with E-state index in [0.717, 1.165) is 0 Å². The van der Waals surface area contributed by atoms with Gasteiger partial charge in [0.1, 0.15) is 0 Å². The zero-order chi connectivity index (χ0) is 2.00. The van der Waals surface area contributed by atoms with Gasteiger partial charge in [0.05, 0.1) is 0 Å². The van der Waals surface area contributed by atoms with E-state index in [1.165, 1.54) is 0 Å². The van der Waals surface area contributed by atoms with Crippen molar-refractivity contribution >= 4 is 92.5 Å². The summed E-state index contributed by atoms with van der Waals surface area (Å²) < 4.78 is 8.39. The van der Waals surface area contributed by atoms with Crippen molar-refractivity contribution < 1.29 is 2.81 Å². The van der Waals surface area contributed by atoms with Gasteiger partial charge in [-0.05, 0) is 0 Å². The molecule has 0 aliphatic carbocycles. The van der Waals surface area contributed by atoms with Gasteiger partial charge < -0.3 is 0 Å². The first-order chi connectivity index (χ1) is 1.00. The molecule has 0 saturated carbocycles. The van der Waals surface area contributed by atoms with Crippen molar-refractivity contribution in [2.75, 3.05) is 0 Å². The molecule has 0 aliphatic heterocycles. The molecule has 0 bridgehead atoms. The van der Waals surface area contributed by atoms with Crippen LogP contribution in [0.15, 0.2) is 0 Å². The topological polar surface area (TPSA) is 17.1 Å². The van der Waals surface area contributed by atoms with Crippen molar-refractivity contribution in [2.45, 2.75) is 0 Å². The fraction of sp³-hybridized carbons (Fsp3) is 0. The van der Waals surface area contributed by atoms with Gasteiger partial charge in [-0.15, -0.1) is 0 Å². The summed E-state index contributed by atoms with van der Waals surface area (Å²) in [5.74, 6) is 0. The summed E-state index contributed by atoms with van der Waals surface area (Å²) in [5, 5.41) is 0. The zero-order valence-corrected chi connectivity index (χ0v) is 4.80. The third kappa shape index (κ3) is 8.85. The molecule has 0 fully saturated rings.